The van der Waals surface area contributed by atoms with E-state index in [1.54, 1.807) is 0 Å². The Labute approximate surface area is 340 Å². The van der Waals surface area contributed by atoms with Crippen LogP contribution in [0.2, 0.25) is 0 Å². The molecule has 0 saturated heterocycles. The lowest BCUT2D eigenvalue weighted by atomic mass is 9.96. The minimum Gasteiger partial charge on any atom is -0.333 e. The number of hydrogen-bond donors (Lipinski definition) is 0. The number of benzene rings is 8. The summed E-state index contributed by atoms with van der Waals surface area (Å²) in [5, 5.41) is 7.75. The first-order valence-electron chi connectivity index (χ1n) is 20.2. The van der Waals surface area contributed by atoms with E-state index in [1.807, 2.05) is 11.3 Å². The van der Waals surface area contributed by atoms with Gasteiger partial charge in [-0.25, -0.2) is 0 Å². The van der Waals surface area contributed by atoms with Crippen LogP contribution in [0.1, 0.15) is 13.0 Å². The molecule has 0 radical (unpaired) electrons. The molecule has 0 amide bonds. The number of rotatable bonds is 5. The normalized spacial score (nSPS) is 15.5. The van der Waals surface area contributed by atoms with E-state index in [0.717, 1.165) is 5.69 Å². The molecule has 12 rings (SSSR count). The molecule has 3 heterocycles. The van der Waals surface area contributed by atoms with Gasteiger partial charge < -0.3 is 9.13 Å². The number of hydrogen-bond acceptors (Lipinski definition) is 1. The maximum atomic E-state index is 2.57. The summed E-state index contributed by atoms with van der Waals surface area (Å²) < 4.78 is 7.65. The Morgan fingerprint density at radius 2 is 0.879 bits per heavy atom. The van der Waals surface area contributed by atoms with Crippen LogP contribution in [-0.2, 0) is 0 Å². The summed E-state index contributed by atoms with van der Waals surface area (Å²) in [6, 6.07) is 65.6. The first kappa shape index (κ1) is 33.2. The molecule has 2 unspecified atom stereocenters. The van der Waals surface area contributed by atoms with Gasteiger partial charge in [0.05, 0.1) is 17.1 Å². The summed E-state index contributed by atoms with van der Waals surface area (Å²) in [4.78, 5) is 0. The smallest absolute Gasteiger partial charge is 0.0585 e. The fourth-order valence-electron chi connectivity index (χ4n) is 9.53. The summed E-state index contributed by atoms with van der Waals surface area (Å²) in [6.45, 7) is 2.33. The van der Waals surface area contributed by atoms with E-state index in [2.05, 4.69) is 216 Å². The second-order valence-corrected chi connectivity index (χ2v) is 16.8. The fourth-order valence-corrected chi connectivity index (χ4v) is 10.6. The van der Waals surface area contributed by atoms with E-state index in [0.29, 0.717) is 5.92 Å². The van der Waals surface area contributed by atoms with Crippen molar-refractivity contribution in [3.63, 3.8) is 0 Å². The summed E-state index contributed by atoms with van der Waals surface area (Å²) in [5.74, 6) is 0.381. The van der Waals surface area contributed by atoms with Crippen LogP contribution in [0.15, 0.2) is 200 Å². The Morgan fingerprint density at radius 3 is 1.59 bits per heavy atom. The molecule has 2 nitrogen and oxygen atoms in total. The van der Waals surface area contributed by atoms with Crippen LogP contribution in [0.3, 0.4) is 0 Å². The van der Waals surface area contributed by atoms with Crippen LogP contribution < -0.4 is 0 Å². The topological polar surface area (TPSA) is 9.86 Å². The highest BCUT2D eigenvalue weighted by molar-refractivity contribution is 7.25. The summed E-state index contributed by atoms with van der Waals surface area (Å²) in [7, 11) is 0. The summed E-state index contributed by atoms with van der Waals surface area (Å²) in [6.07, 6.45) is 9.08. The molecule has 0 spiro atoms. The van der Waals surface area contributed by atoms with Crippen molar-refractivity contribution in [2.24, 2.45) is 5.92 Å². The second kappa shape index (κ2) is 13.1. The van der Waals surface area contributed by atoms with Gasteiger partial charge >= 0.3 is 0 Å². The van der Waals surface area contributed by atoms with Crippen LogP contribution >= 0.6 is 11.3 Å². The Balaban J connectivity index is 1.01. The van der Waals surface area contributed by atoms with Crippen molar-refractivity contribution >= 4 is 75.1 Å². The second-order valence-electron chi connectivity index (χ2n) is 15.8. The van der Waals surface area contributed by atoms with Gasteiger partial charge in [-0.2, -0.15) is 0 Å². The van der Waals surface area contributed by atoms with Crippen molar-refractivity contribution in [1.82, 2.24) is 9.13 Å². The van der Waals surface area contributed by atoms with Gasteiger partial charge in [0.25, 0.3) is 0 Å². The lowest BCUT2D eigenvalue weighted by Crippen LogP contribution is -2.15. The molecule has 2 atom stereocenters. The maximum absolute atomic E-state index is 2.57. The number of aromatic nitrogens is 2. The molecule has 3 heteroatoms. The highest BCUT2D eigenvalue weighted by Crippen LogP contribution is 2.42. The zero-order chi connectivity index (χ0) is 38.3. The molecular weight excluding hydrogens is 721 g/mol. The highest BCUT2D eigenvalue weighted by Gasteiger charge is 2.23. The quantitative estimate of drug-likeness (QED) is 0.165. The van der Waals surface area contributed by atoms with E-state index in [-0.39, 0.29) is 6.04 Å². The van der Waals surface area contributed by atoms with Gasteiger partial charge in [0.1, 0.15) is 0 Å². The zero-order valence-corrected chi connectivity index (χ0v) is 32.8. The SMILES string of the molecule is CC1C=CC=CC1n1c2ccc(-c3ccc4sc5ccccc5c4c3)cc2c2cc(-c3ccc4c(c3)c3ccccc3n4-c3ccc(-c4ccccc4)cc3)ccc21. The number of allylic oxidation sites excluding steroid dienone is 4. The van der Waals surface area contributed by atoms with Crippen LogP contribution in [0.25, 0.3) is 103 Å². The zero-order valence-electron chi connectivity index (χ0n) is 32.0. The third-order valence-electron chi connectivity index (χ3n) is 12.4. The fraction of sp³-hybridized carbons (Fsp3) is 0.0545. The van der Waals surface area contributed by atoms with Gasteiger partial charge in [-0.15, -0.1) is 11.3 Å². The molecule has 0 saturated carbocycles. The lowest BCUT2D eigenvalue weighted by molar-refractivity contribution is 0.510. The minimum atomic E-state index is 0.236. The third-order valence-corrected chi connectivity index (χ3v) is 13.6. The maximum Gasteiger partial charge on any atom is 0.0585 e. The molecule has 0 N–H and O–H groups in total. The number of fused-ring (bicyclic) bond motifs is 9. The van der Waals surface area contributed by atoms with Crippen LogP contribution in [0.4, 0.5) is 0 Å². The standard InChI is InChI=1S/C55H38N2S/c1-35-11-5-8-16-49(35)57-52-28-22-39(32-46(52)47-33-40(23-29-53(47)57)41-24-30-55-48(34-41)44-15-7-10-18-54(44)58-55)38-21-27-51-45(31-38)43-14-6-9-17-50(43)56(51)42-25-19-37(20-26-42)36-12-3-2-4-13-36/h2-35,49H,1H3. The van der Waals surface area contributed by atoms with Crippen molar-refractivity contribution in [3.8, 4) is 39.1 Å². The molecule has 0 bridgehead atoms. The molecule has 8 aromatic carbocycles. The van der Waals surface area contributed by atoms with Gasteiger partial charge in [-0.3, -0.25) is 0 Å². The molecule has 0 fully saturated rings. The third kappa shape index (κ3) is 5.17. The first-order chi connectivity index (χ1) is 28.7. The molecule has 274 valence electrons. The molecule has 58 heavy (non-hydrogen) atoms. The van der Waals surface area contributed by atoms with Crippen molar-refractivity contribution in [2.45, 2.75) is 13.0 Å². The van der Waals surface area contributed by atoms with Gasteiger partial charge in [-0.1, -0.05) is 134 Å². The van der Waals surface area contributed by atoms with E-state index >= 15 is 0 Å². The van der Waals surface area contributed by atoms with E-state index < -0.39 is 0 Å². The molecule has 1 aliphatic carbocycles. The number of para-hydroxylation sites is 1. The highest BCUT2D eigenvalue weighted by atomic mass is 32.1. The van der Waals surface area contributed by atoms with Crippen LogP contribution in [0.5, 0.6) is 0 Å². The predicted octanol–water partition coefficient (Wildman–Crippen LogP) is 15.6. The Morgan fingerprint density at radius 1 is 0.379 bits per heavy atom. The van der Waals surface area contributed by atoms with E-state index in [4.69, 9.17) is 0 Å². The lowest BCUT2D eigenvalue weighted by Gasteiger charge is -2.24. The first-order valence-corrected chi connectivity index (χ1v) is 21.0. The van der Waals surface area contributed by atoms with E-state index in [9.17, 15) is 0 Å². The Hall–Kier alpha value is -6.94. The van der Waals surface area contributed by atoms with Gasteiger partial charge in [-0.05, 0) is 112 Å². The molecule has 1 aliphatic rings. The van der Waals surface area contributed by atoms with Crippen LogP contribution in [-0.4, -0.2) is 9.13 Å². The molecular formula is C55H38N2S. The van der Waals surface area contributed by atoms with Crippen molar-refractivity contribution in [1.29, 1.82) is 0 Å². The molecule has 0 aliphatic heterocycles. The van der Waals surface area contributed by atoms with E-state index in [1.165, 1.54) is 97.2 Å². The average Bonchev–Trinajstić information content (AvgIpc) is 3.93. The number of thiophene rings is 1. The van der Waals surface area contributed by atoms with Gasteiger partial charge in [0, 0.05) is 58.4 Å². The van der Waals surface area contributed by atoms with Crippen molar-refractivity contribution in [2.75, 3.05) is 0 Å². The predicted molar refractivity (Wildman–Crippen MR) is 249 cm³/mol. The average molecular weight is 759 g/mol. The van der Waals surface area contributed by atoms with Crippen LogP contribution in [0, 0.1) is 5.92 Å². The monoisotopic (exact) mass is 758 g/mol. The molecule has 3 aromatic heterocycles. The summed E-state index contributed by atoms with van der Waals surface area (Å²) >= 11 is 1.87. The minimum absolute atomic E-state index is 0.236. The largest absolute Gasteiger partial charge is 0.333 e. The number of nitrogens with zero attached hydrogens (tertiary/aromatic N) is 2. The van der Waals surface area contributed by atoms with Gasteiger partial charge in [0.2, 0.25) is 0 Å². The summed E-state index contributed by atoms with van der Waals surface area (Å²) in [5.41, 5.74) is 13.5. The van der Waals surface area contributed by atoms with Gasteiger partial charge in [0.15, 0.2) is 0 Å². The van der Waals surface area contributed by atoms with Crippen molar-refractivity contribution in [3.05, 3.63) is 200 Å². The van der Waals surface area contributed by atoms with Crippen molar-refractivity contribution < 1.29 is 0 Å². The Kier molecular flexibility index (Phi) is 7.48. The molecule has 11 aromatic rings. The Bertz CT molecular complexity index is 3460.